The van der Waals surface area contributed by atoms with Crippen LogP contribution in [0, 0.1) is 17.5 Å². The Kier molecular flexibility index (Phi) is 23.1. The quantitative estimate of drug-likeness (QED) is 0.0603. The lowest BCUT2D eigenvalue weighted by molar-refractivity contribution is 0.0693. The summed E-state index contributed by atoms with van der Waals surface area (Å²) in [6.07, 6.45) is 6.36. The molecule has 5 amide bonds. The van der Waals surface area contributed by atoms with Gasteiger partial charge in [-0.1, -0.05) is 60.7 Å². The van der Waals surface area contributed by atoms with Crippen LogP contribution in [0.2, 0.25) is 0 Å². The normalized spacial score (nSPS) is 12.7. The lowest BCUT2D eigenvalue weighted by atomic mass is 9.94. The van der Waals surface area contributed by atoms with Crippen LogP contribution in [0.3, 0.4) is 0 Å². The maximum absolute atomic E-state index is 13.9. The number of phenolic OH excluding ortho intramolecular Hbond substituents is 1. The lowest BCUT2D eigenvalue weighted by Gasteiger charge is -2.21. The van der Waals surface area contributed by atoms with Gasteiger partial charge in [-0.3, -0.25) is 38.9 Å². The molecule has 3 aliphatic heterocycles. The van der Waals surface area contributed by atoms with Crippen molar-refractivity contribution in [3.63, 3.8) is 0 Å². The van der Waals surface area contributed by atoms with Crippen LogP contribution in [0.25, 0.3) is 32.7 Å². The van der Waals surface area contributed by atoms with E-state index in [-0.39, 0.29) is 114 Å². The second-order valence-corrected chi connectivity index (χ2v) is 26.8. The van der Waals surface area contributed by atoms with Gasteiger partial charge in [-0.25, -0.2) is 18.0 Å². The Morgan fingerprint density at radius 2 is 0.752 bits per heavy atom. The molecule has 0 bridgehead atoms. The fourth-order valence-corrected chi connectivity index (χ4v) is 13.6. The summed E-state index contributed by atoms with van der Waals surface area (Å²) < 4.78 is 73.3. The van der Waals surface area contributed by atoms with E-state index in [1.54, 1.807) is 135 Å². The standard InChI is InChI=1S/C32H32FN3O5.C28H23FN2O5.C24H24FN3O4/c1-35(13-14-39-3)31(37)27-25-16-22(15-20-5-9-23(33)10-6-20)17-34-29(25)30(28-26(27)18-36(2)32(28)38)41-19-21-7-11-24(40-4)12-8-21;1-31-14-22-23(28(33)34)21-12-18(11-16-3-7-19(29)8-4-16)13-30-25(21)26(24(22)27(31)32)36-15-17-5-9-20(35-2)10-6-17;1-27(8-9-32-3)23(30)19-17-11-15(10-14-4-6-16(25)7-5-14)12-26-21(17)22(29)20-18(19)13-28(2)24(20)31/h5-12,16-17H,13-15,18-19H2,1-4H3;3-10,12-13H,11,14-15H2,1-2H3,(H,33,34);4-7,11-12,29H,8-10,13H2,1-3H3. The third kappa shape index (κ3) is 16.3. The van der Waals surface area contributed by atoms with Gasteiger partial charge in [-0.15, -0.1) is 0 Å². The van der Waals surface area contributed by atoms with E-state index < -0.39 is 5.97 Å². The van der Waals surface area contributed by atoms with Crippen LogP contribution in [-0.2, 0) is 61.6 Å². The van der Waals surface area contributed by atoms with Crippen molar-refractivity contribution in [1.82, 2.24) is 39.5 Å². The third-order valence-corrected chi connectivity index (χ3v) is 19.3. The van der Waals surface area contributed by atoms with Crippen molar-refractivity contribution >= 4 is 68.2 Å². The number of pyridine rings is 3. The first-order chi connectivity index (χ1) is 52.5. The Bertz CT molecular complexity index is 5320. The molecular weight excluding hydrogens is 1400 g/mol. The zero-order chi connectivity index (χ0) is 77.5. The number of aromatic carboxylic acids is 1. The number of fused-ring (bicyclic) bond motifs is 6. The van der Waals surface area contributed by atoms with Crippen molar-refractivity contribution in [3.8, 4) is 28.7 Å². The van der Waals surface area contributed by atoms with Crippen molar-refractivity contribution in [2.45, 2.75) is 52.1 Å². The van der Waals surface area contributed by atoms with E-state index in [4.69, 9.17) is 33.4 Å². The van der Waals surface area contributed by atoms with Crippen LogP contribution in [0.4, 0.5) is 13.2 Å². The molecule has 0 unspecified atom stereocenters. The zero-order valence-electron chi connectivity index (χ0n) is 61.5. The summed E-state index contributed by atoms with van der Waals surface area (Å²) in [6, 6.07) is 38.9. The summed E-state index contributed by atoms with van der Waals surface area (Å²) in [5, 5.41) is 22.5. The molecule has 0 fully saturated rings. The van der Waals surface area contributed by atoms with Gasteiger partial charge in [0.05, 0.1) is 60.8 Å². The molecule has 0 atom stereocenters. The van der Waals surface area contributed by atoms with Gasteiger partial charge in [-0.2, -0.15) is 0 Å². The lowest BCUT2D eigenvalue weighted by Crippen LogP contribution is -2.31. The van der Waals surface area contributed by atoms with Crippen LogP contribution in [-0.4, -0.2) is 175 Å². The fourth-order valence-electron chi connectivity index (χ4n) is 13.6. The number of amides is 5. The summed E-state index contributed by atoms with van der Waals surface area (Å²) in [5.74, 6) is -1.61. The minimum Gasteiger partial charge on any atom is -0.505 e. The average Bonchev–Trinajstić information content (AvgIpc) is 1.66. The monoisotopic (exact) mass is 1480 g/mol. The van der Waals surface area contributed by atoms with Gasteiger partial charge in [0.2, 0.25) is 0 Å². The van der Waals surface area contributed by atoms with Crippen LogP contribution in [0.15, 0.2) is 158 Å². The minimum atomic E-state index is -1.14. The van der Waals surface area contributed by atoms with Gasteiger partial charge in [0.1, 0.15) is 58.7 Å². The van der Waals surface area contributed by atoms with E-state index in [9.17, 15) is 52.2 Å². The number of hydrogen-bond donors (Lipinski definition) is 2. The van der Waals surface area contributed by atoms with Crippen molar-refractivity contribution in [3.05, 3.63) is 270 Å². The fraction of sp³-hybridized carbons (Fsp3) is 0.250. The zero-order valence-corrected chi connectivity index (χ0v) is 61.5. The summed E-state index contributed by atoms with van der Waals surface area (Å²) in [4.78, 5) is 100. The van der Waals surface area contributed by atoms with E-state index in [2.05, 4.69) is 9.97 Å². The predicted molar refractivity (Wildman–Crippen MR) is 401 cm³/mol. The Morgan fingerprint density at radius 3 is 1.10 bits per heavy atom. The second kappa shape index (κ2) is 33.1. The van der Waals surface area contributed by atoms with Gasteiger partial charge in [0.25, 0.3) is 29.5 Å². The van der Waals surface area contributed by atoms with Gasteiger partial charge in [0, 0.05) is 134 Å². The van der Waals surface area contributed by atoms with Crippen molar-refractivity contribution in [2.75, 3.05) is 90.0 Å². The highest BCUT2D eigenvalue weighted by Crippen LogP contribution is 2.45. The number of aromatic nitrogens is 3. The Morgan fingerprint density at radius 1 is 0.440 bits per heavy atom. The topological polar surface area (TPSA) is 253 Å². The molecule has 3 aliphatic rings. The molecule has 0 spiro atoms. The van der Waals surface area contributed by atoms with Crippen LogP contribution >= 0.6 is 0 Å². The molecule has 2 N–H and O–H groups in total. The number of benzene rings is 8. The number of likely N-dealkylation sites (N-methyl/N-ethyl adjacent to an activating group) is 2. The highest BCUT2D eigenvalue weighted by molar-refractivity contribution is 6.18. The Hall–Kier alpha value is -12.5. The number of phenols is 1. The second-order valence-electron chi connectivity index (χ2n) is 26.8. The highest BCUT2D eigenvalue weighted by Gasteiger charge is 2.40. The number of nitrogens with zero attached hydrogens (tertiary/aromatic N) is 8. The maximum Gasteiger partial charge on any atom is 0.336 e. The number of methoxy groups -OCH3 is 4. The highest BCUT2D eigenvalue weighted by atomic mass is 19.1. The van der Waals surface area contributed by atoms with Crippen LogP contribution < -0.4 is 18.9 Å². The molecule has 0 aliphatic carbocycles. The molecule has 0 radical (unpaired) electrons. The largest absolute Gasteiger partial charge is 0.505 e. The average molecular weight is 1480 g/mol. The van der Waals surface area contributed by atoms with Crippen molar-refractivity contribution < 1.29 is 80.6 Å². The van der Waals surface area contributed by atoms with Crippen LogP contribution in [0.1, 0.15) is 123 Å². The van der Waals surface area contributed by atoms with E-state index in [0.29, 0.717) is 118 Å². The first kappa shape index (κ1) is 76.2. The smallest absolute Gasteiger partial charge is 0.336 e. The number of carbonyl (C=O) groups excluding carboxylic acids is 5. The molecular formula is C84H79F3N8O14. The van der Waals surface area contributed by atoms with E-state index >= 15 is 0 Å². The van der Waals surface area contributed by atoms with Gasteiger partial charge in [-0.05, 0) is 143 Å². The van der Waals surface area contributed by atoms with E-state index in [1.807, 2.05) is 60.7 Å². The number of carboxylic acid groups (broad SMARTS) is 1. The van der Waals surface area contributed by atoms with Crippen LogP contribution in [0.5, 0.6) is 28.7 Å². The molecule has 14 rings (SSSR count). The van der Waals surface area contributed by atoms with Gasteiger partial charge < -0.3 is 63.1 Å². The first-order valence-electron chi connectivity index (χ1n) is 34.8. The molecule has 3 aromatic heterocycles. The summed E-state index contributed by atoms with van der Waals surface area (Å²) >= 11 is 0. The number of rotatable bonds is 23. The predicted octanol–water partition coefficient (Wildman–Crippen LogP) is 12.7. The molecule has 0 saturated heterocycles. The number of carbonyl (C=O) groups is 6. The molecule has 0 saturated carbocycles. The number of hydrogen-bond acceptors (Lipinski definition) is 16. The number of ether oxygens (including phenoxy) is 6. The number of halogens is 3. The van der Waals surface area contributed by atoms with Crippen molar-refractivity contribution in [1.29, 1.82) is 0 Å². The molecule has 11 aromatic rings. The molecule has 6 heterocycles. The number of carboxylic acids is 1. The first-order valence-corrected chi connectivity index (χ1v) is 34.8. The summed E-state index contributed by atoms with van der Waals surface area (Å²) in [7, 11) is 14.7. The molecule has 109 heavy (non-hydrogen) atoms. The number of aromatic hydroxyl groups is 1. The molecule has 560 valence electrons. The van der Waals surface area contributed by atoms with Gasteiger partial charge >= 0.3 is 5.97 Å². The molecule has 22 nitrogen and oxygen atoms in total. The maximum atomic E-state index is 13.9. The van der Waals surface area contributed by atoms with E-state index in [1.165, 1.54) is 51.1 Å². The summed E-state index contributed by atoms with van der Waals surface area (Å²) in [6.45, 7) is 2.51. The Balaban J connectivity index is 0.000000154. The van der Waals surface area contributed by atoms with Crippen molar-refractivity contribution in [2.24, 2.45) is 0 Å². The van der Waals surface area contributed by atoms with E-state index in [0.717, 1.165) is 50.3 Å². The molecule has 8 aromatic carbocycles. The Labute approximate surface area is 626 Å². The SMILES string of the molecule is COCCN(C)C(=O)c1c2c(c(O)c3ncc(Cc4ccc(F)cc4)cc13)C(=O)N(C)C2.COCCN(C)C(=O)c1c2c(c(OCc3ccc(OC)cc3)c3ncc(Cc4ccc(F)cc4)cc13)C(=O)N(C)C2.COc1ccc(COc2c3c(c(C(=O)O)c4cc(Cc5ccc(F)cc5)cnc24)CN(C)C3=O)cc1. The molecule has 25 heteroatoms. The third-order valence-electron chi connectivity index (χ3n) is 19.3. The van der Waals surface area contributed by atoms with Gasteiger partial charge in [0.15, 0.2) is 17.2 Å². The minimum absolute atomic E-state index is 0.0444. The summed E-state index contributed by atoms with van der Waals surface area (Å²) in [5.41, 5.74) is 10.8.